The van der Waals surface area contributed by atoms with Crippen LogP contribution in [0.1, 0.15) is 34.3 Å². The maximum atomic E-state index is 11.5. The van der Waals surface area contributed by atoms with E-state index in [0.717, 1.165) is 54.7 Å². The molecule has 1 N–H and O–H groups in total. The molecule has 3 rings (SSSR count). The summed E-state index contributed by atoms with van der Waals surface area (Å²) in [5, 5.41) is 3.34. The van der Waals surface area contributed by atoms with Gasteiger partial charge in [0.2, 0.25) is 0 Å². The smallest absolute Gasteiger partial charge is 0.151 e. The molecule has 1 aliphatic heterocycles. The van der Waals surface area contributed by atoms with E-state index >= 15 is 0 Å². The van der Waals surface area contributed by atoms with Gasteiger partial charge in [-0.05, 0) is 43.7 Å². The van der Waals surface area contributed by atoms with Crippen LogP contribution in [0.2, 0.25) is 0 Å². The van der Waals surface area contributed by atoms with Crippen molar-refractivity contribution in [2.45, 2.75) is 25.9 Å². The molecule has 0 atom stereocenters. The molecule has 0 unspecified atom stereocenters. The average Bonchev–Trinajstić information content (AvgIpc) is 2.39. The fourth-order valence-electron chi connectivity index (χ4n) is 3.32. The average molecular weight is 300 g/mol. The minimum Gasteiger partial charge on any atom is -0.490 e. The van der Waals surface area contributed by atoms with Crippen molar-refractivity contribution in [2.75, 3.05) is 27.2 Å². The van der Waals surface area contributed by atoms with Crippen molar-refractivity contribution in [3.8, 4) is 5.75 Å². The molecule has 0 amide bonds. The molecule has 1 aliphatic carbocycles. The molecule has 22 heavy (non-hydrogen) atoms. The van der Waals surface area contributed by atoms with Crippen molar-refractivity contribution in [1.29, 1.82) is 0 Å². The summed E-state index contributed by atoms with van der Waals surface area (Å²) in [6, 6.07) is 3.95. The summed E-state index contributed by atoms with van der Waals surface area (Å²) in [5.74, 6) is 0.818. The molecule has 1 heterocycles. The van der Waals surface area contributed by atoms with Gasteiger partial charge in [0.05, 0.1) is 6.10 Å². The van der Waals surface area contributed by atoms with Crippen LogP contribution >= 0.6 is 0 Å². The summed E-state index contributed by atoms with van der Waals surface area (Å²) in [6.07, 6.45) is 7.34. The molecule has 2 fully saturated rings. The highest BCUT2D eigenvalue weighted by Crippen LogP contribution is 2.46. The molecule has 2 aliphatic rings. The first-order valence-corrected chi connectivity index (χ1v) is 7.84. The first-order chi connectivity index (χ1) is 10.5. The Kier molecular flexibility index (Phi) is 3.96. The number of nitrogens with one attached hydrogen (secondary N) is 1. The normalized spacial score (nSPS) is 19.8. The van der Waals surface area contributed by atoms with Crippen LogP contribution in [0.4, 0.5) is 0 Å². The number of ether oxygens (including phenoxy) is 1. The molecule has 4 heteroatoms. The third kappa shape index (κ3) is 2.75. The summed E-state index contributed by atoms with van der Waals surface area (Å²) in [5.41, 5.74) is 3.07. The van der Waals surface area contributed by atoms with Crippen LogP contribution in [0.3, 0.4) is 0 Å². The Bertz CT molecular complexity index is 595. The zero-order chi connectivity index (χ0) is 15.7. The maximum absolute atomic E-state index is 11.5. The number of carbonyl (C=O) groups excluding carboxylic acids is 1. The van der Waals surface area contributed by atoms with Gasteiger partial charge in [-0.2, -0.15) is 0 Å². The van der Waals surface area contributed by atoms with Crippen LogP contribution in [0.5, 0.6) is 5.75 Å². The standard InChI is InChI=1S/C18H24N2O2/c1-13-4-5-17(15(16(13)10-21)6-7-20(2)3)22-14-8-18(9-14)11-19-12-18/h4-7,10,14,19H,8-9,11-12H2,1-3H3/b7-6-. The summed E-state index contributed by atoms with van der Waals surface area (Å²) in [4.78, 5) is 13.4. The third-order valence-electron chi connectivity index (χ3n) is 4.74. The highest BCUT2D eigenvalue weighted by molar-refractivity contribution is 5.86. The lowest BCUT2D eigenvalue weighted by Crippen LogP contribution is -2.62. The quantitative estimate of drug-likeness (QED) is 0.848. The highest BCUT2D eigenvalue weighted by Gasteiger charge is 2.49. The highest BCUT2D eigenvalue weighted by atomic mass is 16.5. The molecule has 1 aromatic rings. The summed E-state index contributed by atoms with van der Waals surface area (Å²) in [6.45, 7) is 4.19. The van der Waals surface area contributed by atoms with E-state index in [-0.39, 0.29) is 6.10 Å². The van der Waals surface area contributed by atoms with Gasteiger partial charge in [-0.25, -0.2) is 0 Å². The zero-order valence-corrected chi connectivity index (χ0v) is 13.6. The van der Waals surface area contributed by atoms with E-state index in [4.69, 9.17) is 4.74 Å². The number of aryl methyl sites for hydroxylation is 1. The molecule has 4 nitrogen and oxygen atoms in total. The third-order valence-corrected chi connectivity index (χ3v) is 4.74. The molecule has 0 bridgehead atoms. The monoisotopic (exact) mass is 300 g/mol. The van der Waals surface area contributed by atoms with Crippen LogP contribution < -0.4 is 10.1 Å². The molecule has 1 aromatic carbocycles. The SMILES string of the molecule is Cc1ccc(OC2CC3(CNC3)C2)c(/C=C\N(C)C)c1C=O. The molecule has 1 spiro atoms. The van der Waals surface area contributed by atoms with Gasteiger partial charge in [-0.3, -0.25) is 4.79 Å². The molecule has 0 radical (unpaired) electrons. The topological polar surface area (TPSA) is 41.6 Å². The number of hydrogen-bond donors (Lipinski definition) is 1. The summed E-state index contributed by atoms with van der Waals surface area (Å²) >= 11 is 0. The first-order valence-electron chi connectivity index (χ1n) is 7.84. The van der Waals surface area contributed by atoms with E-state index in [9.17, 15) is 4.79 Å². The minimum atomic E-state index is 0.274. The lowest BCUT2D eigenvalue weighted by atomic mass is 9.63. The number of nitrogens with zero attached hydrogens (tertiary/aromatic N) is 1. The number of carbonyl (C=O) groups is 1. The van der Waals surface area contributed by atoms with Crippen molar-refractivity contribution in [3.05, 3.63) is 35.0 Å². The summed E-state index contributed by atoms with van der Waals surface area (Å²) < 4.78 is 6.19. The predicted molar refractivity (Wildman–Crippen MR) is 88.2 cm³/mol. The van der Waals surface area contributed by atoms with Gasteiger partial charge in [-0.1, -0.05) is 6.07 Å². The van der Waals surface area contributed by atoms with E-state index in [1.54, 1.807) is 0 Å². The second-order valence-electron chi connectivity index (χ2n) is 6.86. The van der Waals surface area contributed by atoms with Gasteiger partial charge in [0.25, 0.3) is 0 Å². The van der Waals surface area contributed by atoms with Crippen molar-refractivity contribution in [2.24, 2.45) is 5.41 Å². The number of aldehydes is 1. The Morgan fingerprint density at radius 3 is 2.55 bits per heavy atom. The largest absolute Gasteiger partial charge is 0.490 e. The lowest BCUT2D eigenvalue weighted by Gasteiger charge is -2.53. The Balaban J connectivity index is 1.81. The van der Waals surface area contributed by atoms with Gasteiger partial charge in [-0.15, -0.1) is 0 Å². The maximum Gasteiger partial charge on any atom is 0.151 e. The second kappa shape index (κ2) is 5.76. The predicted octanol–water partition coefficient (Wildman–Crippen LogP) is 2.47. The van der Waals surface area contributed by atoms with Crippen molar-refractivity contribution in [3.63, 3.8) is 0 Å². The van der Waals surface area contributed by atoms with E-state index in [1.807, 2.05) is 50.3 Å². The van der Waals surface area contributed by atoms with Gasteiger partial charge in [0, 0.05) is 43.7 Å². The number of benzene rings is 1. The second-order valence-corrected chi connectivity index (χ2v) is 6.86. The van der Waals surface area contributed by atoms with Gasteiger partial charge < -0.3 is 15.0 Å². The number of rotatable bonds is 5. The molecule has 1 saturated heterocycles. The fourth-order valence-corrected chi connectivity index (χ4v) is 3.32. The van der Waals surface area contributed by atoms with Gasteiger partial charge in [0.1, 0.15) is 5.75 Å². The van der Waals surface area contributed by atoms with Crippen LogP contribution in [-0.2, 0) is 0 Å². The van der Waals surface area contributed by atoms with Crippen LogP contribution in [0, 0.1) is 12.3 Å². The summed E-state index contributed by atoms with van der Waals surface area (Å²) in [7, 11) is 3.93. The van der Waals surface area contributed by atoms with Crippen LogP contribution in [0.25, 0.3) is 6.08 Å². The Hall–Kier alpha value is -1.81. The van der Waals surface area contributed by atoms with E-state index in [0.29, 0.717) is 5.41 Å². The Labute approximate surface area is 132 Å². The Morgan fingerprint density at radius 2 is 2.00 bits per heavy atom. The number of hydrogen-bond acceptors (Lipinski definition) is 4. The van der Waals surface area contributed by atoms with Crippen molar-refractivity contribution < 1.29 is 9.53 Å². The van der Waals surface area contributed by atoms with E-state index < -0.39 is 0 Å². The fraction of sp³-hybridized carbons (Fsp3) is 0.500. The Morgan fingerprint density at radius 1 is 1.27 bits per heavy atom. The minimum absolute atomic E-state index is 0.274. The van der Waals surface area contributed by atoms with E-state index in [2.05, 4.69) is 5.32 Å². The van der Waals surface area contributed by atoms with Gasteiger partial charge in [0.15, 0.2) is 6.29 Å². The molecular weight excluding hydrogens is 276 g/mol. The molecule has 1 saturated carbocycles. The van der Waals surface area contributed by atoms with Gasteiger partial charge >= 0.3 is 0 Å². The lowest BCUT2D eigenvalue weighted by molar-refractivity contribution is -0.0496. The first kappa shape index (κ1) is 15.1. The molecular formula is C18H24N2O2. The van der Waals surface area contributed by atoms with E-state index in [1.165, 1.54) is 0 Å². The van der Waals surface area contributed by atoms with Crippen molar-refractivity contribution in [1.82, 2.24) is 10.2 Å². The zero-order valence-electron chi connectivity index (χ0n) is 13.6. The molecule has 0 aromatic heterocycles. The van der Waals surface area contributed by atoms with Crippen LogP contribution in [0.15, 0.2) is 18.3 Å². The molecule has 118 valence electrons. The van der Waals surface area contributed by atoms with Crippen molar-refractivity contribution >= 4 is 12.4 Å². The van der Waals surface area contributed by atoms with Crippen LogP contribution in [-0.4, -0.2) is 44.5 Å².